The molecule has 0 radical (unpaired) electrons. The summed E-state index contributed by atoms with van der Waals surface area (Å²) in [6.07, 6.45) is -0.317. The number of ether oxygens (including phenoxy) is 1. The van der Waals surface area contributed by atoms with Gasteiger partial charge in [0.25, 0.3) is 0 Å². The summed E-state index contributed by atoms with van der Waals surface area (Å²) in [4.78, 5) is 13.2. The van der Waals surface area contributed by atoms with Gasteiger partial charge >= 0.3 is 0 Å². The molecule has 0 saturated carbocycles. The van der Waals surface area contributed by atoms with Crippen LogP contribution in [-0.2, 0) is 9.53 Å². The summed E-state index contributed by atoms with van der Waals surface area (Å²) < 4.78 is 5.81. The van der Waals surface area contributed by atoms with E-state index < -0.39 is 5.60 Å². The van der Waals surface area contributed by atoms with Crippen molar-refractivity contribution in [3.63, 3.8) is 0 Å². The third-order valence-corrected chi connectivity index (χ3v) is 5.45. The highest BCUT2D eigenvalue weighted by molar-refractivity contribution is 8.00. The summed E-state index contributed by atoms with van der Waals surface area (Å²) in [6, 6.07) is 7.55. The highest BCUT2D eigenvalue weighted by Gasteiger charge is 2.61. The van der Waals surface area contributed by atoms with Crippen molar-refractivity contribution in [2.75, 3.05) is 0 Å². The zero-order valence-electron chi connectivity index (χ0n) is 10.5. The molecule has 2 heterocycles. The van der Waals surface area contributed by atoms with E-state index in [1.165, 1.54) is 0 Å². The van der Waals surface area contributed by atoms with Crippen LogP contribution in [0.25, 0.3) is 0 Å². The maximum atomic E-state index is 12.2. The minimum absolute atomic E-state index is 0.00337. The molecule has 0 aliphatic carbocycles. The van der Waals surface area contributed by atoms with E-state index in [0.717, 1.165) is 10.5 Å². The van der Waals surface area contributed by atoms with E-state index in [9.17, 15) is 4.79 Å². The fraction of sp³-hybridized carbons (Fsp3) is 0.267. The number of hydrogen-bond acceptors (Lipinski definition) is 3. The van der Waals surface area contributed by atoms with Crippen LogP contribution in [0.4, 0.5) is 0 Å². The van der Waals surface area contributed by atoms with Gasteiger partial charge in [-0.1, -0.05) is 24.8 Å². The molecule has 2 fully saturated rings. The fourth-order valence-corrected chi connectivity index (χ4v) is 3.97. The van der Waals surface area contributed by atoms with Crippen LogP contribution in [0, 0.1) is 0 Å². The Bertz CT molecular complexity index is 593. The molecular weight excluding hydrogens is 280 g/mol. The number of carbonyl (C=O) groups is 1. The maximum absolute atomic E-state index is 12.2. The lowest BCUT2D eigenvalue weighted by molar-refractivity contribution is -0.126. The average molecular weight is 293 g/mol. The summed E-state index contributed by atoms with van der Waals surface area (Å²) in [6.45, 7) is 9.71. The van der Waals surface area contributed by atoms with Crippen LogP contribution in [0.2, 0.25) is 5.02 Å². The second-order valence-corrected chi connectivity index (χ2v) is 6.60. The first kappa shape index (κ1) is 13.0. The first-order valence-electron chi connectivity index (χ1n) is 5.96. The molecule has 0 aromatic heterocycles. The predicted molar refractivity (Wildman–Crippen MR) is 77.7 cm³/mol. The maximum Gasteiger partial charge on any atom is 0.194 e. The van der Waals surface area contributed by atoms with Gasteiger partial charge in [0, 0.05) is 15.5 Å². The number of fused-ring (bicyclic) bond motifs is 2. The van der Waals surface area contributed by atoms with E-state index in [4.69, 9.17) is 16.3 Å². The van der Waals surface area contributed by atoms with Gasteiger partial charge in [0.1, 0.15) is 11.7 Å². The summed E-state index contributed by atoms with van der Waals surface area (Å²) in [7, 11) is 0. The SMILES string of the molecule is C=C1C(=O)[C@]2(C)O[C@H]1C(=C)[C@H]2Sc1ccc(Cl)cc1. The van der Waals surface area contributed by atoms with E-state index in [0.29, 0.717) is 10.6 Å². The molecule has 2 nitrogen and oxygen atoms in total. The quantitative estimate of drug-likeness (QED) is 0.615. The third-order valence-electron chi connectivity index (χ3n) is 3.66. The summed E-state index contributed by atoms with van der Waals surface area (Å²) in [5.41, 5.74) is 0.621. The lowest BCUT2D eigenvalue weighted by Gasteiger charge is -2.28. The Hall–Kier alpha value is -1.03. The van der Waals surface area contributed by atoms with E-state index in [1.54, 1.807) is 11.8 Å². The number of halogens is 1. The van der Waals surface area contributed by atoms with Gasteiger partial charge in [-0.05, 0) is 36.8 Å². The smallest absolute Gasteiger partial charge is 0.194 e. The molecule has 1 aromatic rings. The number of thioether (sulfide) groups is 1. The van der Waals surface area contributed by atoms with Crippen molar-refractivity contribution in [1.29, 1.82) is 0 Å². The largest absolute Gasteiger partial charge is 0.353 e. The topological polar surface area (TPSA) is 26.3 Å². The molecule has 3 rings (SSSR count). The second-order valence-electron chi connectivity index (χ2n) is 4.99. The minimum atomic E-state index is -0.830. The average Bonchev–Trinajstić information content (AvgIpc) is 2.77. The van der Waals surface area contributed by atoms with E-state index >= 15 is 0 Å². The zero-order valence-corrected chi connectivity index (χ0v) is 12.1. The number of ketones is 1. The highest BCUT2D eigenvalue weighted by Crippen LogP contribution is 2.52. The molecule has 0 amide bonds. The Morgan fingerprint density at radius 2 is 1.95 bits per heavy atom. The molecule has 4 heteroatoms. The standard InChI is InChI=1S/C15H13ClO2S/c1-8-12-9(2)14(15(3,18-12)13(8)17)19-11-6-4-10(16)5-7-11/h4-7,12,14H,1-2H2,3H3/t12-,14-,15+/m1/s1. The first-order chi connectivity index (χ1) is 8.93. The van der Waals surface area contributed by atoms with Crippen LogP contribution in [0.3, 0.4) is 0 Å². The number of benzene rings is 1. The molecule has 0 N–H and O–H groups in total. The van der Waals surface area contributed by atoms with Gasteiger partial charge in [0.05, 0.1) is 5.25 Å². The van der Waals surface area contributed by atoms with Crippen LogP contribution in [0.1, 0.15) is 6.92 Å². The van der Waals surface area contributed by atoms with E-state index in [-0.39, 0.29) is 17.1 Å². The molecule has 2 aliphatic heterocycles. The third kappa shape index (κ3) is 1.80. The van der Waals surface area contributed by atoms with Gasteiger partial charge < -0.3 is 4.74 Å². The molecule has 2 aliphatic rings. The van der Waals surface area contributed by atoms with Gasteiger partial charge in [-0.2, -0.15) is 0 Å². The summed E-state index contributed by atoms with van der Waals surface area (Å²) in [5.74, 6) is -0.00337. The van der Waals surface area contributed by atoms with Crippen molar-refractivity contribution in [1.82, 2.24) is 0 Å². The van der Waals surface area contributed by atoms with Gasteiger partial charge in [0.15, 0.2) is 5.78 Å². The summed E-state index contributed by atoms with van der Waals surface area (Å²) in [5, 5.41) is 0.625. The van der Waals surface area contributed by atoms with Crippen molar-refractivity contribution >= 4 is 29.1 Å². The van der Waals surface area contributed by atoms with Crippen molar-refractivity contribution < 1.29 is 9.53 Å². The van der Waals surface area contributed by atoms with E-state index in [1.807, 2.05) is 31.2 Å². The van der Waals surface area contributed by atoms with Crippen molar-refractivity contribution in [2.45, 2.75) is 28.8 Å². The Morgan fingerprint density at radius 1 is 1.32 bits per heavy atom. The Kier molecular flexibility index (Phi) is 2.89. The van der Waals surface area contributed by atoms with Gasteiger partial charge in [-0.3, -0.25) is 4.79 Å². The first-order valence-corrected chi connectivity index (χ1v) is 7.21. The number of carbonyl (C=O) groups excluding carboxylic acids is 1. The second kappa shape index (κ2) is 4.23. The zero-order chi connectivity index (χ0) is 13.8. The normalized spacial score (nSPS) is 33.3. The molecule has 0 unspecified atom stereocenters. The van der Waals surface area contributed by atoms with Crippen LogP contribution in [0.15, 0.2) is 53.5 Å². The molecule has 0 spiro atoms. The molecule has 19 heavy (non-hydrogen) atoms. The van der Waals surface area contributed by atoms with Crippen LogP contribution in [-0.4, -0.2) is 22.7 Å². The van der Waals surface area contributed by atoms with Crippen molar-refractivity contribution in [2.24, 2.45) is 0 Å². The van der Waals surface area contributed by atoms with Crippen molar-refractivity contribution in [3.05, 3.63) is 53.6 Å². The molecule has 98 valence electrons. The Labute approximate surface area is 121 Å². The number of Topliss-reactive ketones (excluding diaryl/α,β-unsaturated/α-hetero) is 1. The van der Waals surface area contributed by atoms with Crippen LogP contribution in [0.5, 0.6) is 0 Å². The molecular formula is C15H13ClO2S. The van der Waals surface area contributed by atoms with Gasteiger partial charge in [-0.25, -0.2) is 0 Å². The lowest BCUT2D eigenvalue weighted by atomic mass is 9.83. The number of rotatable bonds is 2. The Morgan fingerprint density at radius 3 is 2.53 bits per heavy atom. The molecule has 2 bridgehead atoms. The fourth-order valence-electron chi connectivity index (χ4n) is 2.62. The monoisotopic (exact) mass is 292 g/mol. The van der Waals surface area contributed by atoms with Gasteiger partial charge in [0.2, 0.25) is 0 Å². The highest BCUT2D eigenvalue weighted by atomic mass is 35.5. The molecule has 2 saturated heterocycles. The summed E-state index contributed by atoms with van der Waals surface area (Å²) >= 11 is 7.46. The lowest BCUT2D eigenvalue weighted by Crippen LogP contribution is -2.42. The number of hydrogen-bond donors (Lipinski definition) is 0. The van der Waals surface area contributed by atoms with E-state index in [2.05, 4.69) is 13.2 Å². The minimum Gasteiger partial charge on any atom is -0.353 e. The molecule has 1 aromatic carbocycles. The predicted octanol–water partition coefficient (Wildman–Crippen LogP) is 3.65. The Balaban J connectivity index is 1.90. The van der Waals surface area contributed by atoms with Gasteiger partial charge in [-0.15, -0.1) is 11.8 Å². The molecule has 3 atom stereocenters. The van der Waals surface area contributed by atoms with Crippen LogP contribution < -0.4 is 0 Å². The van der Waals surface area contributed by atoms with Crippen LogP contribution >= 0.6 is 23.4 Å². The van der Waals surface area contributed by atoms with Crippen molar-refractivity contribution in [3.8, 4) is 0 Å².